The van der Waals surface area contributed by atoms with Gasteiger partial charge in [0.05, 0.1) is 6.61 Å². The molecule has 0 aromatic heterocycles. The average molecular weight is 256 g/mol. The molecular weight excluding hydrogens is 232 g/mol. The summed E-state index contributed by atoms with van der Waals surface area (Å²) < 4.78 is 0. The molecule has 0 heterocycles. The highest BCUT2D eigenvalue weighted by atomic mass is 16.9. The van der Waals surface area contributed by atoms with Crippen molar-refractivity contribution in [3.8, 4) is 0 Å². The molecular formula is C13H24N2O3. The number of hydrogen-bond acceptors (Lipinski definition) is 4. The summed E-state index contributed by atoms with van der Waals surface area (Å²) in [6, 6.07) is 0. The van der Waals surface area contributed by atoms with Crippen LogP contribution in [0.1, 0.15) is 52.4 Å². The van der Waals surface area contributed by atoms with Crippen LogP contribution >= 0.6 is 0 Å². The summed E-state index contributed by atoms with van der Waals surface area (Å²) in [6.45, 7) is 8.63. The summed E-state index contributed by atoms with van der Waals surface area (Å²) in [5.74, 6) is 0. The Morgan fingerprint density at radius 1 is 1.56 bits per heavy atom. The van der Waals surface area contributed by atoms with Crippen LogP contribution in [-0.2, 0) is 4.84 Å². The normalized spacial score (nSPS) is 32.3. The molecule has 2 N–H and O–H groups in total. The van der Waals surface area contributed by atoms with Gasteiger partial charge < -0.3 is 10.6 Å². The molecule has 0 aliphatic heterocycles. The van der Waals surface area contributed by atoms with E-state index in [9.17, 15) is 10.1 Å². The van der Waals surface area contributed by atoms with Crippen LogP contribution in [0, 0.1) is 15.5 Å². The van der Waals surface area contributed by atoms with E-state index in [-0.39, 0.29) is 17.6 Å². The zero-order valence-electron chi connectivity index (χ0n) is 11.4. The molecule has 18 heavy (non-hydrogen) atoms. The smallest absolute Gasteiger partial charge is 0.294 e. The molecule has 0 aromatic rings. The second-order valence-corrected chi connectivity index (χ2v) is 5.97. The third-order valence-electron chi connectivity index (χ3n) is 3.93. The first-order valence-corrected chi connectivity index (χ1v) is 6.51. The van der Waals surface area contributed by atoms with Gasteiger partial charge in [0, 0.05) is 5.54 Å². The summed E-state index contributed by atoms with van der Waals surface area (Å²) in [6.07, 6.45) is 5.25. The maximum absolute atomic E-state index is 10.1. The fourth-order valence-corrected chi connectivity index (χ4v) is 3.13. The van der Waals surface area contributed by atoms with Crippen molar-refractivity contribution in [3.63, 3.8) is 0 Å². The highest BCUT2D eigenvalue weighted by Crippen LogP contribution is 2.45. The first-order valence-electron chi connectivity index (χ1n) is 6.51. The average Bonchev–Trinajstić information content (AvgIpc) is 2.22. The zero-order chi connectivity index (χ0) is 13.8. The molecule has 2 unspecified atom stereocenters. The summed E-state index contributed by atoms with van der Waals surface area (Å²) >= 11 is 0. The Balaban J connectivity index is 2.51. The van der Waals surface area contributed by atoms with E-state index in [4.69, 9.17) is 5.73 Å². The van der Waals surface area contributed by atoms with E-state index in [1.807, 2.05) is 0 Å². The topological polar surface area (TPSA) is 78.4 Å². The molecule has 0 amide bonds. The fraction of sp³-hybridized carbons (Fsp3) is 0.846. The summed E-state index contributed by atoms with van der Waals surface area (Å²) in [4.78, 5) is 14.4. The van der Waals surface area contributed by atoms with Gasteiger partial charge in [-0.1, -0.05) is 32.4 Å². The zero-order valence-corrected chi connectivity index (χ0v) is 11.4. The van der Waals surface area contributed by atoms with Crippen molar-refractivity contribution < 1.29 is 9.92 Å². The van der Waals surface area contributed by atoms with Crippen LogP contribution in [0.5, 0.6) is 0 Å². The van der Waals surface area contributed by atoms with Gasteiger partial charge >= 0.3 is 0 Å². The second-order valence-electron chi connectivity index (χ2n) is 5.97. The Bertz CT molecular complexity index is 332. The van der Waals surface area contributed by atoms with Crippen LogP contribution in [-0.4, -0.2) is 17.2 Å². The molecule has 1 fully saturated rings. The Hall–Kier alpha value is -1.10. The molecule has 0 aromatic carbocycles. The Kier molecular flexibility index (Phi) is 4.73. The lowest BCUT2D eigenvalue weighted by molar-refractivity contribution is -0.757. The van der Waals surface area contributed by atoms with E-state index in [0.717, 1.165) is 32.1 Å². The molecule has 0 bridgehead atoms. The van der Waals surface area contributed by atoms with E-state index in [2.05, 4.69) is 25.3 Å². The van der Waals surface area contributed by atoms with Crippen molar-refractivity contribution in [2.45, 2.75) is 57.9 Å². The minimum Gasteiger partial charge on any atom is -0.325 e. The van der Waals surface area contributed by atoms with Crippen molar-refractivity contribution in [1.82, 2.24) is 0 Å². The van der Waals surface area contributed by atoms with Crippen molar-refractivity contribution in [2.75, 3.05) is 6.61 Å². The number of hydrogen-bond donors (Lipinski definition) is 1. The third-order valence-corrected chi connectivity index (χ3v) is 3.93. The van der Waals surface area contributed by atoms with E-state index >= 15 is 0 Å². The van der Waals surface area contributed by atoms with Crippen molar-refractivity contribution in [1.29, 1.82) is 0 Å². The minimum atomic E-state index is -0.751. The maximum Gasteiger partial charge on any atom is 0.294 e. The van der Waals surface area contributed by atoms with Gasteiger partial charge in [0.25, 0.3) is 5.09 Å². The van der Waals surface area contributed by atoms with Gasteiger partial charge in [-0.05, 0) is 37.5 Å². The lowest BCUT2D eigenvalue weighted by atomic mass is 9.63. The lowest BCUT2D eigenvalue weighted by Crippen LogP contribution is -2.48. The van der Waals surface area contributed by atoms with E-state index in [0.29, 0.717) is 6.42 Å². The lowest BCUT2D eigenvalue weighted by Gasteiger charge is -2.45. The summed E-state index contributed by atoms with van der Waals surface area (Å²) in [5.41, 5.74) is 7.57. The molecule has 1 aliphatic rings. The van der Waals surface area contributed by atoms with Crippen LogP contribution in [0.15, 0.2) is 12.2 Å². The van der Waals surface area contributed by atoms with Gasteiger partial charge in [-0.15, -0.1) is 10.1 Å². The molecule has 5 nitrogen and oxygen atoms in total. The van der Waals surface area contributed by atoms with Crippen LogP contribution < -0.4 is 5.73 Å². The molecule has 0 spiro atoms. The first-order chi connectivity index (χ1) is 8.29. The standard InChI is InChI=1S/C13H24N2O3/c1-4-12(3)8-11(2)9-13(14,10-12)6-5-7-18-15(16)17/h2,4-10,14H2,1,3H3. The predicted molar refractivity (Wildman–Crippen MR) is 70.5 cm³/mol. The molecule has 104 valence electrons. The quantitative estimate of drug-likeness (QED) is 0.343. The van der Waals surface area contributed by atoms with Crippen LogP contribution in [0.3, 0.4) is 0 Å². The Morgan fingerprint density at radius 3 is 2.78 bits per heavy atom. The molecule has 2 atom stereocenters. The van der Waals surface area contributed by atoms with Crippen molar-refractivity contribution in [2.24, 2.45) is 11.1 Å². The van der Waals surface area contributed by atoms with Crippen molar-refractivity contribution >= 4 is 0 Å². The van der Waals surface area contributed by atoms with Crippen LogP contribution in [0.2, 0.25) is 0 Å². The fourth-order valence-electron chi connectivity index (χ4n) is 3.13. The molecule has 0 radical (unpaired) electrons. The number of nitrogens with zero attached hydrogens (tertiary/aromatic N) is 1. The highest BCUT2D eigenvalue weighted by molar-refractivity contribution is 5.13. The van der Waals surface area contributed by atoms with E-state index in [1.54, 1.807) is 0 Å². The Labute approximate surface area is 108 Å². The van der Waals surface area contributed by atoms with E-state index < -0.39 is 5.09 Å². The molecule has 0 saturated heterocycles. The molecule has 1 rings (SSSR count). The van der Waals surface area contributed by atoms with Gasteiger partial charge in [0.15, 0.2) is 0 Å². The Morgan fingerprint density at radius 2 is 2.22 bits per heavy atom. The summed E-state index contributed by atoms with van der Waals surface area (Å²) in [7, 11) is 0. The van der Waals surface area contributed by atoms with Crippen molar-refractivity contribution in [3.05, 3.63) is 22.3 Å². The van der Waals surface area contributed by atoms with Gasteiger partial charge in [-0.2, -0.15) is 0 Å². The van der Waals surface area contributed by atoms with Gasteiger partial charge in [0.1, 0.15) is 0 Å². The molecule has 1 aliphatic carbocycles. The van der Waals surface area contributed by atoms with E-state index in [1.165, 1.54) is 5.57 Å². The highest BCUT2D eigenvalue weighted by Gasteiger charge is 2.39. The van der Waals surface area contributed by atoms with Crippen LogP contribution in [0.25, 0.3) is 0 Å². The van der Waals surface area contributed by atoms with Gasteiger partial charge in [-0.25, -0.2) is 0 Å². The SMILES string of the molecule is C=C1CC(C)(CC)CC(N)(CCCO[N+](=O)[O-])C1. The maximum atomic E-state index is 10.1. The van der Waals surface area contributed by atoms with Crippen LogP contribution in [0.4, 0.5) is 0 Å². The third kappa shape index (κ3) is 4.29. The molecule has 5 heteroatoms. The second kappa shape index (κ2) is 5.69. The number of nitrogens with two attached hydrogens (primary N) is 1. The monoisotopic (exact) mass is 256 g/mol. The summed E-state index contributed by atoms with van der Waals surface area (Å²) in [5, 5.41) is 9.32. The van der Waals surface area contributed by atoms with Gasteiger partial charge in [0.2, 0.25) is 0 Å². The predicted octanol–water partition coefficient (Wildman–Crippen LogP) is 2.83. The number of rotatable bonds is 6. The minimum absolute atomic E-state index is 0.126. The first kappa shape index (κ1) is 15.0. The van der Waals surface area contributed by atoms with Gasteiger partial charge in [-0.3, -0.25) is 0 Å². The molecule has 1 saturated carbocycles. The largest absolute Gasteiger partial charge is 0.325 e.